The predicted molar refractivity (Wildman–Crippen MR) is 121 cm³/mol. The molecule has 0 unspecified atom stereocenters. The zero-order valence-electron chi connectivity index (χ0n) is 16.9. The molecule has 0 saturated carbocycles. The summed E-state index contributed by atoms with van der Waals surface area (Å²) in [6.07, 6.45) is 0.533. The van der Waals surface area contributed by atoms with E-state index in [2.05, 4.69) is 45.7 Å². The van der Waals surface area contributed by atoms with Crippen LogP contribution in [0.3, 0.4) is 0 Å². The molecule has 30 heavy (non-hydrogen) atoms. The van der Waals surface area contributed by atoms with Crippen LogP contribution in [-0.2, 0) is 15.1 Å². The van der Waals surface area contributed by atoms with Crippen LogP contribution >= 0.6 is 27.5 Å². The molecule has 2 aromatic carbocycles. The standard InChI is InChI=1S/C22H23BrClN3O3/c1-11(2)17-10-15(20(28)25-18-9-13(24)5-7-19(18)30-3)22(27-17)14-8-12(23)4-6-16(14)26-21(22)29/h4-9,11,15,17,27H,10H2,1-3H3,(H,25,28)(H,26,29)/t15-,17-,22+/m1/s1. The smallest absolute Gasteiger partial charge is 0.250 e. The summed E-state index contributed by atoms with van der Waals surface area (Å²) in [5.74, 6) is -0.313. The van der Waals surface area contributed by atoms with Gasteiger partial charge in [-0.1, -0.05) is 41.4 Å². The lowest BCUT2D eigenvalue weighted by Gasteiger charge is -2.30. The first-order chi connectivity index (χ1) is 14.3. The second-order valence-corrected chi connectivity index (χ2v) is 9.42. The van der Waals surface area contributed by atoms with Gasteiger partial charge in [0.1, 0.15) is 11.3 Å². The summed E-state index contributed by atoms with van der Waals surface area (Å²) in [5.41, 5.74) is 0.844. The van der Waals surface area contributed by atoms with E-state index >= 15 is 0 Å². The summed E-state index contributed by atoms with van der Waals surface area (Å²) >= 11 is 9.62. The SMILES string of the molecule is COc1ccc(Cl)cc1NC(=O)[C@H]1C[C@H](C(C)C)N[C@]12C(=O)Nc1ccc(Br)cc12. The number of fused-ring (bicyclic) bond motifs is 2. The lowest BCUT2D eigenvalue weighted by molar-refractivity contribution is -0.130. The number of rotatable bonds is 4. The highest BCUT2D eigenvalue weighted by molar-refractivity contribution is 9.10. The zero-order valence-corrected chi connectivity index (χ0v) is 19.2. The van der Waals surface area contributed by atoms with Gasteiger partial charge in [0.05, 0.1) is 18.7 Å². The normalized spacial score (nSPS) is 24.8. The maximum Gasteiger partial charge on any atom is 0.250 e. The van der Waals surface area contributed by atoms with Crippen molar-refractivity contribution in [1.29, 1.82) is 0 Å². The van der Waals surface area contributed by atoms with Gasteiger partial charge < -0.3 is 15.4 Å². The Hall–Kier alpha value is -2.09. The van der Waals surface area contributed by atoms with E-state index in [4.69, 9.17) is 16.3 Å². The second-order valence-electron chi connectivity index (χ2n) is 8.07. The quantitative estimate of drug-likeness (QED) is 0.586. The molecule has 0 aliphatic carbocycles. The van der Waals surface area contributed by atoms with Crippen LogP contribution in [0, 0.1) is 11.8 Å². The van der Waals surface area contributed by atoms with E-state index in [1.165, 1.54) is 7.11 Å². The van der Waals surface area contributed by atoms with Crippen LogP contribution in [0.1, 0.15) is 25.8 Å². The average molecular weight is 493 g/mol. The fourth-order valence-corrected chi connectivity index (χ4v) is 4.94. The van der Waals surface area contributed by atoms with Crippen LogP contribution in [0.2, 0.25) is 5.02 Å². The fraction of sp³-hybridized carbons (Fsp3) is 0.364. The molecule has 0 aromatic heterocycles. The average Bonchev–Trinajstić information content (AvgIpc) is 3.23. The van der Waals surface area contributed by atoms with Gasteiger partial charge in [-0.15, -0.1) is 0 Å². The summed E-state index contributed by atoms with van der Waals surface area (Å²) in [7, 11) is 1.53. The number of methoxy groups -OCH3 is 1. The van der Waals surface area contributed by atoms with Crippen LogP contribution in [0.15, 0.2) is 40.9 Å². The minimum Gasteiger partial charge on any atom is -0.495 e. The molecule has 6 nitrogen and oxygen atoms in total. The Kier molecular flexibility index (Phi) is 5.55. The van der Waals surface area contributed by atoms with Crippen molar-refractivity contribution in [2.24, 2.45) is 11.8 Å². The van der Waals surface area contributed by atoms with Crippen LogP contribution < -0.4 is 20.7 Å². The lowest BCUT2D eigenvalue weighted by Crippen LogP contribution is -2.52. The molecule has 2 aliphatic heterocycles. The molecule has 2 heterocycles. The Balaban J connectivity index is 1.76. The number of carbonyl (C=O) groups is 2. The third-order valence-electron chi connectivity index (χ3n) is 5.98. The van der Waals surface area contributed by atoms with E-state index in [-0.39, 0.29) is 23.8 Å². The zero-order chi connectivity index (χ0) is 21.6. The molecule has 2 aliphatic rings. The molecule has 1 spiro atoms. The molecular weight excluding hydrogens is 470 g/mol. The number of halogens is 2. The lowest BCUT2D eigenvalue weighted by atomic mass is 9.79. The number of benzene rings is 2. The summed E-state index contributed by atoms with van der Waals surface area (Å²) in [6.45, 7) is 4.17. The molecular formula is C22H23BrClN3O3. The predicted octanol–water partition coefficient (Wildman–Crippen LogP) is 4.53. The minimum atomic E-state index is -1.13. The number of anilines is 2. The second kappa shape index (κ2) is 7.87. The molecule has 0 bridgehead atoms. The van der Waals surface area contributed by atoms with Gasteiger partial charge in [-0.05, 0) is 48.7 Å². The van der Waals surface area contributed by atoms with Gasteiger partial charge >= 0.3 is 0 Å². The molecule has 3 atom stereocenters. The van der Waals surface area contributed by atoms with Crippen molar-refractivity contribution >= 4 is 50.7 Å². The van der Waals surface area contributed by atoms with Crippen LogP contribution in [0.4, 0.5) is 11.4 Å². The molecule has 2 aromatic rings. The van der Waals surface area contributed by atoms with E-state index in [1.54, 1.807) is 18.2 Å². The van der Waals surface area contributed by atoms with E-state index in [0.29, 0.717) is 22.9 Å². The molecule has 8 heteroatoms. The summed E-state index contributed by atoms with van der Waals surface area (Å²) < 4.78 is 6.21. The van der Waals surface area contributed by atoms with Gasteiger partial charge in [0.15, 0.2) is 0 Å². The third kappa shape index (κ3) is 3.39. The van der Waals surface area contributed by atoms with Crippen molar-refractivity contribution in [1.82, 2.24) is 5.32 Å². The topological polar surface area (TPSA) is 79.5 Å². The van der Waals surface area contributed by atoms with Crippen LogP contribution in [0.25, 0.3) is 0 Å². The van der Waals surface area contributed by atoms with Crippen molar-refractivity contribution in [3.63, 3.8) is 0 Å². The highest BCUT2D eigenvalue weighted by Gasteiger charge is 2.60. The van der Waals surface area contributed by atoms with Crippen molar-refractivity contribution in [3.8, 4) is 5.75 Å². The Morgan fingerprint density at radius 2 is 2.07 bits per heavy atom. The van der Waals surface area contributed by atoms with Gasteiger partial charge in [-0.3, -0.25) is 14.9 Å². The van der Waals surface area contributed by atoms with E-state index < -0.39 is 11.5 Å². The van der Waals surface area contributed by atoms with Gasteiger partial charge in [0, 0.05) is 26.8 Å². The number of hydrogen-bond donors (Lipinski definition) is 3. The highest BCUT2D eigenvalue weighted by atomic mass is 79.9. The number of carbonyl (C=O) groups excluding carboxylic acids is 2. The van der Waals surface area contributed by atoms with E-state index in [0.717, 1.165) is 15.7 Å². The Morgan fingerprint density at radius 3 is 2.77 bits per heavy atom. The number of amides is 2. The van der Waals surface area contributed by atoms with Crippen LogP contribution in [-0.4, -0.2) is 25.0 Å². The van der Waals surface area contributed by atoms with Crippen molar-refractivity contribution < 1.29 is 14.3 Å². The van der Waals surface area contributed by atoms with Gasteiger partial charge in [0.25, 0.3) is 0 Å². The maximum atomic E-state index is 13.5. The first kappa shape index (κ1) is 21.2. The van der Waals surface area contributed by atoms with Gasteiger partial charge in [-0.2, -0.15) is 0 Å². The third-order valence-corrected chi connectivity index (χ3v) is 6.71. The number of hydrogen-bond acceptors (Lipinski definition) is 4. The number of nitrogens with one attached hydrogen (secondary N) is 3. The molecule has 4 rings (SSSR count). The van der Waals surface area contributed by atoms with E-state index in [1.807, 2.05) is 18.2 Å². The summed E-state index contributed by atoms with van der Waals surface area (Å²) in [4.78, 5) is 26.8. The van der Waals surface area contributed by atoms with Crippen molar-refractivity contribution in [3.05, 3.63) is 51.5 Å². The van der Waals surface area contributed by atoms with Crippen LogP contribution in [0.5, 0.6) is 5.75 Å². The highest BCUT2D eigenvalue weighted by Crippen LogP contribution is 2.49. The Labute approximate surface area is 188 Å². The maximum absolute atomic E-state index is 13.5. The minimum absolute atomic E-state index is 0.0117. The first-order valence-electron chi connectivity index (χ1n) is 9.80. The Morgan fingerprint density at radius 1 is 1.30 bits per heavy atom. The molecule has 3 N–H and O–H groups in total. The molecule has 1 saturated heterocycles. The van der Waals surface area contributed by atoms with Gasteiger partial charge in [0.2, 0.25) is 11.8 Å². The fourth-order valence-electron chi connectivity index (χ4n) is 4.41. The summed E-state index contributed by atoms with van der Waals surface area (Å²) in [6, 6.07) is 10.7. The van der Waals surface area contributed by atoms with Crippen molar-refractivity contribution in [2.75, 3.05) is 17.7 Å². The molecule has 2 amide bonds. The molecule has 1 fully saturated rings. The molecule has 158 valence electrons. The summed E-state index contributed by atoms with van der Waals surface area (Å²) in [5, 5.41) is 9.88. The largest absolute Gasteiger partial charge is 0.495 e. The van der Waals surface area contributed by atoms with Crippen molar-refractivity contribution in [2.45, 2.75) is 31.8 Å². The Bertz CT molecular complexity index is 1030. The van der Waals surface area contributed by atoms with Gasteiger partial charge in [-0.25, -0.2) is 0 Å². The number of ether oxygens (including phenoxy) is 1. The molecule has 0 radical (unpaired) electrons. The first-order valence-corrected chi connectivity index (χ1v) is 11.0. The van der Waals surface area contributed by atoms with E-state index in [9.17, 15) is 9.59 Å². The monoisotopic (exact) mass is 491 g/mol.